The van der Waals surface area contributed by atoms with Gasteiger partial charge >= 0.3 is 5.97 Å². The Kier molecular flexibility index (Phi) is 3.58. The van der Waals surface area contributed by atoms with Gasteiger partial charge in [-0.15, -0.1) is 6.58 Å². The van der Waals surface area contributed by atoms with E-state index in [0.717, 1.165) is 32.1 Å². The minimum absolute atomic E-state index is 0.139. The molecule has 2 fully saturated rings. The molecule has 2 saturated carbocycles. The molecule has 0 heterocycles. The highest BCUT2D eigenvalue weighted by Crippen LogP contribution is 2.63. The summed E-state index contributed by atoms with van der Waals surface area (Å²) >= 11 is 0. The molecule has 3 aliphatic carbocycles. The number of carboxylic acid groups (broad SMARTS) is 1. The number of hydrogen-bond donors (Lipinski definition) is 1. The average Bonchev–Trinajstić information content (AvgIpc) is 2.46. The Morgan fingerprint density at radius 3 is 2.64 bits per heavy atom. The van der Waals surface area contributed by atoms with Crippen LogP contribution >= 0.6 is 0 Å². The second-order valence-electron chi connectivity index (χ2n) is 8.69. The van der Waals surface area contributed by atoms with E-state index in [2.05, 4.69) is 32.6 Å². The lowest BCUT2D eigenvalue weighted by Gasteiger charge is -2.59. The second kappa shape index (κ2) is 4.97. The van der Waals surface area contributed by atoms with E-state index < -0.39 is 11.4 Å². The molecular weight excluding hydrogens is 272 g/mol. The van der Waals surface area contributed by atoms with Crippen molar-refractivity contribution in [1.29, 1.82) is 0 Å². The summed E-state index contributed by atoms with van der Waals surface area (Å²) < 4.78 is 0. The van der Waals surface area contributed by atoms with Crippen LogP contribution in [0.15, 0.2) is 24.3 Å². The fourth-order valence-corrected chi connectivity index (χ4v) is 5.94. The zero-order valence-electron chi connectivity index (χ0n) is 14.3. The largest absolute Gasteiger partial charge is 0.481 e. The maximum Gasteiger partial charge on any atom is 0.309 e. The Bertz CT molecular complexity index is 534. The van der Waals surface area contributed by atoms with Crippen LogP contribution in [-0.2, 0) is 4.79 Å². The van der Waals surface area contributed by atoms with E-state index >= 15 is 0 Å². The van der Waals surface area contributed by atoms with E-state index in [4.69, 9.17) is 0 Å². The fourth-order valence-electron chi connectivity index (χ4n) is 5.94. The molecule has 3 aliphatic rings. The van der Waals surface area contributed by atoms with Crippen LogP contribution in [0.2, 0.25) is 0 Å². The molecule has 1 unspecified atom stereocenters. The first-order valence-corrected chi connectivity index (χ1v) is 8.84. The number of fused-ring (bicyclic) bond motifs is 3. The van der Waals surface area contributed by atoms with Crippen LogP contribution in [-0.4, -0.2) is 11.1 Å². The summed E-state index contributed by atoms with van der Waals surface area (Å²) in [6.45, 7) is 10.7. The van der Waals surface area contributed by atoms with Gasteiger partial charge in [0.1, 0.15) is 0 Å². The average molecular weight is 302 g/mol. The first-order chi connectivity index (χ1) is 10.3. The van der Waals surface area contributed by atoms with Gasteiger partial charge in [0.2, 0.25) is 0 Å². The number of allylic oxidation sites excluding steroid dienone is 3. The lowest BCUT2D eigenvalue weighted by atomic mass is 9.45. The van der Waals surface area contributed by atoms with Gasteiger partial charge in [-0.25, -0.2) is 0 Å². The third-order valence-electron chi connectivity index (χ3n) is 7.38. The van der Waals surface area contributed by atoms with Crippen LogP contribution in [0.5, 0.6) is 0 Å². The summed E-state index contributed by atoms with van der Waals surface area (Å²) in [6, 6.07) is 0. The molecule has 5 atom stereocenters. The van der Waals surface area contributed by atoms with Gasteiger partial charge in [0.05, 0.1) is 5.41 Å². The Labute approximate surface area is 134 Å². The fraction of sp³-hybridized carbons (Fsp3) is 0.750. The minimum Gasteiger partial charge on any atom is -0.481 e. The molecule has 0 bridgehead atoms. The van der Waals surface area contributed by atoms with Crippen molar-refractivity contribution in [2.24, 2.45) is 28.1 Å². The van der Waals surface area contributed by atoms with Crippen LogP contribution in [0.3, 0.4) is 0 Å². The quantitative estimate of drug-likeness (QED) is 0.711. The molecule has 122 valence electrons. The summed E-state index contributed by atoms with van der Waals surface area (Å²) in [5.74, 6) is 0.322. The first kappa shape index (κ1) is 15.8. The summed E-state index contributed by atoms with van der Waals surface area (Å²) in [7, 11) is 0. The zero-order chi connectivity index (χ0) is 16.2. The van der Waals surface area contributed by atoms with Gasteiger partial charge in [-0.2, -0.15) is 0 Å². The van der Waals surface area contributed by atoms with Crippen LogP contribution in [0, 0.1) is 28.1 Å². The third-order valence-corrected chi connectivity index (χ3v) is 7.38. The molecule has 0 saturated heterocycles. The third kappa shape index (κ3) is 2.10. The van der Waals surface area contributed by atoms with E-state index in [9.17, 15) is 9.90 Å². The van der Waals surface area contributed by atoms with Crippen molar-refractivity contribution in [2.75, 3.05) is 0 Å². The van der Waals surface area contributed by atoms with Gasteiger partial charge < -0.3 is 5.11 Å². The van der Waals surface area contributed by atoms with E-state index in [-0.39, 0.29) is 10.8 Å². The molecule has 0 aliphatic heterocycles. The van der Waals surface area contributed by atoms with Crippen molar-refractivity contribution >= 4 is 5.97 Å². The van der Waals surface area contributed by atoms with Crippen LogP contribution in [0.25, 0.3) is 0 Å². The summed E-state index contributed by atoms with van der Waals surface area (Å²) in [6.07, 6.45) is 12.1. The van der Waals surface area contributed by atoms with Crippen molar-refractivity contribution in [2.45, 2.75) is 65.7 Å². The maximum atomic E-state index is 12.0. The number of rotatable bonds is 2. The molecule has 0 aromatic rings. The maximum absolute atomic E-state index is 12.0. The Balaban J connectivity index is 1.99. The van der Waals surface area contributed by atoms with Crippen molar-refractivity contribution in [1.82, 2.24) is 0 Å². The Hall–Kier alpha value is -1.05. The molecule has 22 heavy (non-hydrogen) atoms. The Morgan fingerprint density at radius 1 is 1.27 bits per heavy atom. The van der Waals surface area contributed by atoms with Crippen molar-refractivity contribution in [3.05, 3.63) is 24.3 Å². The number of carboxylic acids is 1. The van der Waals surface area contributed by atoms with Crippen molar-refractivity contribution in [3.8, 4) is 0 Å². The molecule has 0 amide bonds. The number of carbonyl (C=O) groups is 1. The smallest absolute Gasteiger partial charge is 0.309 e. The molecule has 0 radical (unpaired) electrons. The SMILES string of the molecule is C=C[C@@]1(C)C=C2CC[C@H]3C(C)(C(=O)O)CCC[C@]3(C)[C@H]2CC1. The van der Waals surface area contributed by atoms with E-state index in [1.807, 2.05) is 6.92 Å². The normalized spacial score (nSPS) is 47.9. The van der Waals surface area contributed by atoms with Gasteiger partial charge in [-0.05, 0) is 62.7 Å². The molecular formula is C20H30O2. The van der Waals surface area contributed by atoms with Gasteiger partial charge in [0, 0.05) is 5.41 Å². The monoisotopic (exact) mass is 302 g/mol. The standard InChI is InChI=1S/C20H30O2/c1-5-18(2)12-9-15-14(13-18)7-8-16-19(15,3)10-6-11-20(16,4)17(21)22/h5,13,15-16H,1,6-12H2,2-4H3,(H,21,22)/t15-,16+,18+,19+,20?/m0/s1. The molecule has 3 rings (SSSR count). The lowest BCUT2D eigenvalue weighted by Crippen LogP contribution is -2.54. The van der Waals surface area contributed by atoms with Crippen molar-refractivity contribution in [3.63, 3.8) is 0 Å². The lowest BCUT2D eigenvalue weighted by molar-refractivity contribution is -0.164. The molecule has 2 heteroatoms. The Morgan fingerprint density at radius 2 is 2.00 bits per heavy atom. The second-order valence-corrected chi connectivity index (χ2v) is 8.69. The highest BCUT2D eigenvalue weighted by molar-refractivity contribution is 5.75. The van der Waals surface area contributed by atoms with Crippen LogP contribution < -0.4 is 0 Å². The van der Waals surface area contributed by atoms with Crippen molar-refractivity contribution < 1.29 is 9.90 Å². The summed E-state index contributed by atoms with van der Waals surface area (Å²) in [5.41, 5.74) is 1.36. The first-order valence-electron chi connectivity index (χ1n) is 8.84. The molecule has 0 aromatic heterocycles. The van der Waals surface area contributed by atoms with Crippen LogP contribution in [0.4, 0.5) is 0 Å². The van der Waals surface area contributed by atoms with E-state index in [0.29, 0.717) is 11.8 Å². The van der Waals surface area contributed by atoms with E-state index in [1.54, 1.807) is 5.57 Å². The number of hydrogen-bond acceptors (Lipinski definition) is 1. The van der Waals surface area contributed by atoms with Gasteiger partial charge in [0.25, 0.3) is 0 Å². The van der Waals surface area contributed by atoms with E-state index in [1.165, 1.54) is 12.8 Å². The predicted molar refractivity (Wildman–Crippen MR) is 89.5 cm³/mol. The molecule has 1 N–H and O–H groups in total. The zero-order valence-corrected chi connectivity index (χ0v) is 14.3. The minimum atomic E-state index is -0.581. The van der Waals surface area contributed by atoms with Gasteiger partial charge in [-0.1, -0.05) is 38.0 Å². The highest BCUT2D eigenvalue weighted by Gasteiger charge is 2.58. The molecule has 0 aromatic carbocycles. The van der Waals surface area contributed by atoms with Gasteiger partial charge in [0.15, 0.2) is 0 Å². The number of aliphatic carboxylic acids is 1. The summed E-state index contributed by atoms with van der Waals surface area (Å²) in [4.78, 5) is 12.0. The predicted octanol–water partition coefficient (Wildman–Crippen LogP) is 5.21. The summed E-state index contributed by atoms with van der Waals surface area (Å²) in [5, 5.41) is 9.84. The van der Waals surface area contributed by atoms with Crippen LogP contribution in [0.1, 0.15) is 65.7 Å². The van der Waals surface area contributed by atoms with Gasteiger partial charge in [-0.3, -0.25) is 4.79 Å². The highest BCUT2D eigenvalue weighted by atomic mass is 16.4. The molecule has 2 nitrogen and oxygen atoms in total. The topological polar surface area (TPSA) is 37.3 Å². The molecule has 0 spiro atoms.